The normalized spacial score (nSPS) is 18.9. The molecule has 3 heterocycles. The molecule has 1 aromatic carbocycles. The monoisotopic (exact) mass is 555 g/mol. The van der Waals surface area contributed by atoms with Crippen molar-refractivity contribution in [2.24, 2.45) is 5.92 Å². The maximum absolute atomic E-state index is 13.3. The number of nitrogens with zero attached hydrogens (tertiary/aromatic N) is 4. The van der Waals surface area contributed by atoms with Gasteiger partial charge in [-0.3, -0.25) is 4.57 Å². The molecule has 0 amide bonds. The number of nitrogen functional groups attached to an aromatic ring is 1. The second kappa shape index (κ2) is 12.4. The summed E-state index contributed by atoms with van der Waals surface area (Å²) in [5.41, 5.74) is 5.43. The number of anilines is 1. The highest BCUT2D eigenvalue weighted by Gasteiger charge is 2.52. The van der Waals surface area contributed by atoms with Gasteiger partial charge in [0.05, 0.1) is 38.2 Å². The zero-order chi connectivity index (χ0) is 28.0. The van der Waals surface area contributed by atoms with Gasteiger partial charge >= 0.3 is 11.9 Å². The summed E-state index contributed by atoms with van der Waals surface area (Å²) < 4.78 is 24.8. The quantitative estimate of drug-likeness (QED) is 0.172. The maximum Gasteiger partial charge on any atom is 0.350 e. The summed E-state index contributed by atoms with van der Waals surface area (Å²) in [7, 11) is 0. The van der Waals surface area contributed by atoms with Crippen LogP contribution in [0.1, 0.15) is 39.0 Å². The molecule has 2 N–H and O–H groups in total. The fraction of sp³-hybridized carbons (Fsp3) is 0.444. The Labute approximate surface area is 231 Å². The highest BCUT2D eigenvalue weighted by atomic mass is 35.5. The number of benzene rings is 1. The molecule has 0 spiro atoms. The Morgan fingerprint density at radius 1 is 1.18 bits per heavy atom. The summed E-state index contributed by atoms with van der Waals surface area (Å²) in [5.74, 6) is 4.28. The molecular weight excluding hydrogens is 526 g/mol. The number of hydrogen-bond acceptors (Lipinski definition) is 10. The van der Waals surface area contributed by atoms with Crippen LogP contribution < -0.4 is 5.73 Å². The van der Waals surface area contributed by atoms with E-state index in [2.05, 4.69) is 26.8 Å². The number of nitrogens with two attached hydrogens (primary N) is 1. The third-order valence-electron chi connectivity index (χ3n) is 6.30. The van der Waals surface area contributed by atoms with Gasteiger partial charge in [-0.1, -0.05) is 36.3 Å². The fourth-order valence-electron chi connectivity index (χ4n) is 4.51. The molecule has 2 aromatic heterocycles. The van der Waals surface area contributed by atoms with E-state index in [0.717, 1.165) is 0 Å². The van der Waals surface area contributed by atoms with E-state index >= 15 is 0 Å². The maximum atomic E-state index is 13.3. The summed E-state index contributed by atoms with van der Waals surface area (Å²) >= 11 is 6.03. The van der Waals surface area contributed by atoms with Crippen molar-refractivity contribution in [3.63, 3.8) is 0 Å². The summed E-state index contributed by atoms with van der Waals surface area (Å²) in [6.45, 7) is 5.03. The largest absolute Gasteiger partial charge is 0.463 e. The van der Waals surface area contributed by atoms with Crippen LogP contribution in [0.5, 0.6) is 0 Å². The number of esters is 2. The minimum absolute atomic E-state index is 0.0147. The molecule has 1 fully saturated rings. The van der Waals surface area contributed by atoms with Gasteiger partial charge in [0.2, 0.25) is 5.28 Å². The van der Waals surface area contributed by atoms with Crippen molar-refractivity contribution in [3.05, 3.63) is 47.5 Å². The van der Waals surface area contributed by atoms with Gasteiger partial charge in [-0.2, -0.15) is 9.97 Å². The SMILES string of the molecule is CC#CC1CC(n2cnc3c(N)nc(Cl)nc32)OC1COC(Cc1ccccc1)(C(=O)OCC)C(=O)OCC. The highest BCUT2D eigenvalue weighted by molar-refractivity contribution is 6.28. The lowest BCUT2D eigenvalue weighted by Gasteiger charge is -2.31. The molecule has 0 saturated carbocycles. The average Bonchev–Trinajstić information content (AvgIpc) is 3.51. The molecule has 206 valence electrons. The van der Waals surface area contributed by atoms with E-state index < -0.39 is 29.9 Å². The van der Waals surface area contributed by atoms with E-state index in [1.807, 2.05) is 18.2 Å². The first-order valence-corrected chi connectivity index (χ1v) is 13.0. The lowest BCUT2D eigenvalue weighted by molar-refractivity contribution is -0.195. The topological polar surface area (TPSA) is 141 Å². The molecule has 0 aliphatic carbocycles. The van der Waals surface area contributed by atoms with E-state index in [0.29, 0.717) is 23.1 Å². The van der Waals surface area contributed by atoms with Gasteiger partial charge in [0.25, 0.3) is 5.60 Å². The van der Waals surface area contributed by atoms with Gasteiger partial charge in [0, 0.05) is 12.8 Å². The molecule has 0 bridgehead atoms. The predicted molar refractivity (Wildman–Crippen MR) is 142 cm³/mol. The summed E-state index contributed by atoms with van der Waals surface area (Å²) in [6.07, 6.45) is 0.800. The molecule has 4 rings (SSSR count). The van der Waals surface area contributed by atoms with E-state index in [1.165, 1.54) is 0 Å². The lowest BCUT2D eigenvalue weighted by atomic mass is 9.93. The van der Waals surface area contributed by atoms with Gasteiger partial charge < -0.3 is 24.7 Å². The third kappa shape index (κ3) is 5.98. The number of rotatable bonds is 10. The fourth-order valence-corrected chi connectivity index (χ4v) is 4.69. The average molecular weight is 556 g/mol. The second-order valence-corrected chi connectivity index (χ2v) is 9.15. The molecule has 3 atom stereocenters. The molecule has 11 nitrogen and oxygen atoms in total. The zero-order valence-electron chi connectivity index (χ0n) is 21.9. The van der Waals surface area contributed by atoms with Crippen LogP contribution in [0.2, 0.25) is 5.28 Å². The van der Waals surface area contributed by atoms with Crippen LogP contribution in [0, 0.1) is 17.8 Å². The number of hydrogen-bond donors (Lipinski definition) is 1. The van der Waals surface area contributed by atoms with E-state index in [1.54, 1.807) is 43.8 Å². The standard InChI is InChI=1S/C27H30ClN5O6/c1-4-10-18-13-20(33-16-30-21-22(29)31-26(28)32-23(21)33)39-19(18)15-38-27(24(34)36-5-2,25(35)37-6-3)14-17-11-8-7-9-12-17/h7-9,11-12,16,18-20H,5-6,13-15H2,1-3H3,(H2,29,31,32). The first-order valence-electron chi connectivity index (χ1n) is 12.6. The molecule has 1 aliphatic heterocycles. The van der Waals surface area contributed by atoms with Crippen molar-refractivity contribution in [2.45, 2.75) is 51.5 Å². The molecule has 3 aromatic rings. The number of ether oxygens (including phenoxy) is 4. The Bertz CT molecular complexity index is 1370. The van der Waals surface area contributed by atoms with Crippen LogP contribution in [0.4, 0.5) is 5.82 Å². The van der Waals surface area contributed by atoms with Crippen LogP contribution in [0.25, 0.3) is 11.2 Å². The van der Waals surface area contributed by atoms with Gasteiger partial charge in [0.15, 0.2) is 11.5 Å². The van der Waals surface area contributed by atoms with Crippen molar-refractivity contribution < 1.29 is 28.5 Å². The number of carbonyl (C=O) groups excluding carboxylic acids is 2. The van der Waals surface area contributed by atoms with E-state index in [-0.39, 0.29) is 43.3 Å². The van der Waals surface area contributed by atoms with Gasteiger partial charge in [-0.25, -0.2) is 14.6 Å². The molecule has 1 aliphatic rings. The summed E-state index contributed by atoms with van der Waals surface area (Å²) in [6, 6.07) is 9.06. The van der Waals surface area contributed by atoms with E-state index in [4.69, 9.17) is 36.3 Å². The number of imidazole rings is 1. The minimum atomic E-state index is -2.03. The molecule has 3 unspecified atom stereocenters. The number of fused-ring (bicyclic) bond motifs is 1. The predicted octanol–water partition coefficient (Wildman–Crippen LogP) is 3.11. The van der Waals surface area contributed by atoms with Crippen molar-refractivity contribution in [1.29, 1.82) is 0 Å². The van der Waals surface area contributed by atoms with Crippen molar-refractivity contribution in [1.82, 2.24) is 19.5 Å². The van der Waals surface area contributed by atoms with Crippen LogP contribution in [0.15, 0.2) is 36.7 Å². The summed E-state index contributed by atoms with van der Waals surface area (Å²) in [5, 5.41) is -0.0147. The van der Waals surface area contributed by atoms with Crippen LogP contribution >= 0.6 is 11.6 Å². The van der Waals surface area contributed by atoms with Crippen molar-refractivity contribution in [2.75, 3.05) is 25.6 Å². The minimum Gasteiger partial charge on any atom is -0.463 e. The van der Waals surface area contributed by atoms with Gasteiger partial charge in [-0.15, -0.1) is 5.92 Å². The Balaban J connectivity index is 1.64. The number of aromatic nitrogens is 4. The smallest absolute Gasteiger partial charge is 0.350 e. The molecule has 0 radical (unpaired) electrons. The summed E-state index contributed by atoms with van der Waals surface area (Å²) in [4.78, 5) is 39.1. The van der Waals surface area contributed by atoms with Crippen LogP contribution in [0.3, 0.4) is 0 Å². The highest BCUT2D eigenvalue weighted by Crippen LogP contribution is 2.36. The van der Waals surface area contributed by atoms with Crippen LogP contribution in [-0.2, 0) is 35.0 Å². The Hall–Kier alpha value is -3.72. The van der Waals surface area contributed by atoms with Gasteiger partial charge in [-0.05, 0) is 37.9 Å². The molecular formula is C27H30ClN5O6. The molecule has 39 heavy (non-hydrogen) atoms. The van der Waals surface area contributed by atoms with Crippen molar-refractivity contribution in [3.8, 4) is 11.8 Å². The van der Waals surface area contributed by atoms with Crippen molar-refractivity contribution >= 4 is 40.5 Å². The molecule has 12 heteroatoms. The van der Waals surface area contributed by atoms with Crippen LogP contribution in [-0.4, -0.2) is 63.0 Å². The Morgan fingerprint density at radius 3 is 2.51 bits per heavy atom. The zero-order valence-corrected chi connectivity index (χ0v) is 22.7. The Morgan fingerprint density at radius 2 is 1.87 bits per heavy atom. The Kier molecular flexibility index (Phi) is 9.01. The first kappa shape index (κ1) is 28.3. The first-order chi connectivity index (χ1) is 18.8. The molecule has 1 saturated heterocycles. The number of carbonyl (C=O) groups is 2. The number of halogens is 1. The third-order valence-corrected chi connectivity index (χ3v) is 6.47. The lowest BCUT2D eigenvalue weighted by Crippen LogP contribution is -2.54. The van der Waals surface area contributed by atoms with Gasteiger partial charge in [0.1, 0.15) is 11.7 Å². The van der Waals surface area contributed by atoms with E-state index in [9.17, 15) is 9.59 Å². The second-order valence-electron chi connectivity index (χ2n) is 8.81.